The molecule has 0 aromatic heterocycles. The van der Waals surface area contributed by atoms with Gasteiger partial charge in [-0.05, 0) is 59.5 Å². The molecule has 1 N–H and O–H groups in total. The van der Waals surface area contributed by atoms with Gasteiger partial charge in [0.2, 0.25) is 0 Å². The fourth-order valence-electron chi connectivity index (χ4n) is 2.67. The van der Waals surface area contributed by atoms with Gasteiger partial charge in [0.05, 0.1) is 0 Å². The molecular formula is C19H29IO2. The van der Waals surface area contributed by atoms with Crippen molar-refractivity contribution in [2.75, 3.05) is 0 Å². The van der Waals surface area contributed by atoms with E-state index in [0.717, 1.165) is 12.8 Å². The third kappa shape index (κ3) is 11.0. The van der Waals surface area contributed by atoms with Gasteiger partial charge in [-0.15, -0.1) is 0 Å². The zero-order valence-corrected chi connectivity index (χ0v) is 15.7. The van der Waals surface area contributed by atoms with Gasteiger partial charge in [-0.2, -0.15) is 0 Å². The third-order valence-electron chi connectivity index (χ3n) is 4.02. The molecule has 22 heavy (non-hydrogen) atoms. The van der Waals surface area contributed by atoms with E-state index in [0.29, 0.717) is 6.42 Å². The first kappa shape index (κ1) is 19.5. The molecule has 1 rings (SSSR count). The zero-order chi connectivity index (χ0) is 16.0. The summed E-state index contributed by atoms with van der Waals surface area (Å²) in [6, 6.07) is 8.86. The summed E-state index contributed by atoms with van der Waals surface area (Å²) in [5.74, 6) is -0.662. The van der Waals surface area contributed by atoms with Crippen molar-refractivity contribution in [1.29, 1.82) is 0 Å². The van der Waals surface area contributed by atoms with Gasteiger partial charge >= 0.3 is 5.97 Å². The number of halogens is 1. The Kier molecular flexibility index (Phi) is 11.4. The maximum Gasteiger partial charge on any atom is 0.303 e. The van der Waals surface area contributed by atoms with Crippen LogP contribution in [0.15, 0.2) is 24.3 Å². The average molecular weight is 416 g/mol. The summed E-state index contributed by atoms with van der Waals surface area (Å²) in [6.45, 7) is 0. The third-order valence-corrected chi connectivity index (χ3v) is 4.74. The van der Waals surface area contributed by atoms with E-state index < -0.39 is 5.97 Å². The Balaban J connectivity index is 1.82. The second-order valence-corrected chi connectivity index (χ2v) is 7.30. The molecule has 0 unspecified atom stereocenters. The number of carboxylic acids is 1. The second kappa shape index (κ2) is 12.9. The van der Waals surface area contributed by atoms with Crippen molar-refractivity contribution in [3.05, 3.63) is 33.4 Å². The quantitative estimate of drug-likeness (QED) is 0.307. The molecule has 2 nitrogen and oxygen atoms in total. The van der Waals surface area contributed by atoms with Crippen molar-refractivity contribution >= 4 is 28.6 Å². The van der Waals surface area contributed by atoms with Crippen LogP contribution in [0.1, 0.15) is 76.2 Å². The van der Waals surface area contributed by atoms with E-state index in [4.69, 9.17) is 5.11 Å². The molecule has 0 fully saturated rings. The number of unbranched alkanes of at least 4 members (excludes halogenated alkanes) is 9. The van der Waals surface area contributed by atoms with Crippen LogP contribution in [0.5, 0.6) is 0 Å². The maximum absolute atomic E-state index is 10.4. The fraction of sp³-hybridized carbons (Fsp3) is 0.632. The van der Waals surface area contributed by atoms with Gasteiger partial charge in [-0.3, -0.25) is 4.79 Å². The number of hydrogen-bond acceptors (Lipinski definition) is 1. The van der Waals surface area contributed by atoms with Crippen LogP contribution in [0.4, 0.5) is 0 Å². The topological polar surface area (TPSA) is 37.3 Å². The lowest BCUT2D eigenvalue weighted by Gasteiger charge is -2.03. The largest absolute Gasteiger partial charge is 0.481 e. The lowest BCUT2D eigenvalue weighted by molar-refractivity contribution is -0.137. The first-order chi connectivity index (χ1) is 10.7. The molecule has 0 bridgehead atoms. The first-order valence-electron chi connectivity index (χ1n) is 8.65. The number of carboxylic acid groups (broad SMARTS) is 1. The summed E-state index contributed by atoms with van der Waals surface area (Å²) in [5.41, 5.74) is 1.46. The highest BCUT2D eigenvalue weighted by atomic mass is 127. The molecule has 3 heteroatoms. The van der Waals surface area contributed by atoms with Crippen LogP contribution in [0.2, 0.25) is 0 Å². The SMILES string of the molecule is O=C(O)CCCCCCCCCCCCc1ccc(I)cc1. The van der Waals surface area contributed by atoms with E-state index in [9.17, 15) is 4.79 Å². The van der Waals surface area contributed by atoms with E-state index in [1.54, 1.807) is 0 Å². The van der Waals surface area contributed by atoms with Gasteiger partial charge in [0.15, 0.2) is 0 Å². The average Bonchev–Trinajstić information content (AvgIpc) is 2.50. The molecule has 124 valence electrons. The fourth-order valence-corrected chi connectivity index (χ4v) is 3.03. The minimum absolute atomic E-state index is 0.334. The molecule has 0 saturated heterocycles. The molecule has 0 aliphatic carbocycles. The van der Waals surface area contributed by atoms with Crippen molar-refractivity contribution in [2.45, 2.75) is 77.0 Å². The monoisotopic (exact) mass is 416 g/mol. The molecule has 0 atom stereocenters. The molecule has 0 radical (unpaired) electrons. The number of rotatable bonds is 13. The lowest BCUT2D eigenvalue weighted by atomic mass is 10.0. The van der Waals surface area contributed by atoms with Gasteiger partial charge in [0, 0.05) is 9.99 Å². The molecule has 1 aromatic carbocycles. The minimum atomic E-state index is -0.662. The number of aliphatic carboxylic acids is 1. The number of hydrogen-bond donors (Lipinski definition) is 1. The van der Waals surface area contributed by atoms with Crippen LogP contribution in [-0.2, 0) is 11.2 Å². The first-order valence-corrected chi connectivity index (χ1v) is 9.72. The second-order valence-electron chi connectivity index (χ2n) is 6.06. The Morgan fingerprint density at radius 2 is 1.23 bits per heavy atom. The zero-order valence-electron chi connectivity index (χ0n) is 13.5. The number of carbonyl (C=O) groups is 1. The molecule has 0 aliphatic heterocycles. The lowest BCUT2D eigenvalue weighted by Crippen LogP contribution is -1.93. The van der Waals surface area contributed by atoms with Gasteiger partial charge in [0.25, 0.3) is 0 Å². The molecule has 0 heterocycles. The Bertz CT molecular complexity index is 400. The van der Waals surface area contributed by atoms with Crippen LogP contribution in [0.3, 0.4) is 0 Å². The van der Waals surface area contributed by atoms with Gasteiger partial charge in [0.1, 0.15) is 0 Å². The van der Waals surface area contributed by atoms with Gasteiger partial charge in [-0.1, -0.05) is 63.5 Å². The summed E-state index contributed by atoms with van der Waals surface area (Å²) in [6.07, 6.45) is 13.9. The molecule has 0 aliphatic rings. The van der Waals surface area contributed by atoms with E-state index in [-0.39, 0.29) is 0 Å². The van der Waals surface area contributed by atoms with Crippen molar-refractivity contribution in [2.24, 2.45) is 0 Å². The van der Waals surface area contributed by atoms with Crippen LogP contribution in [0, 0.1) is 3.57 Å². The van der Waals surface area contributed by atoms with Crippen molar-refractivity contribution in [3.8, 4) is 0 Å². The van der Waals surface area contributed by atoms with Crippen molar-refractivity contribution in [3.63, 3.8) is 0 Å². The Hall–Kier alpha value is -0.580. The number of benzene rings is 1. The molecule has 1 aromatic rings. The summed E-state index contributed by atoms with van der Waals surface area (Å²) in [4.78, 5) is 10.4. The molecular weight excluding hydrogens is 387 g/mol. The summed E-state index contributed by atoms with van der Waals surface area (Å²) in [7, 11) is 0. The smallest absolute Gasteiger partial charge is 0.303 e. The maximum atomic E-state index is 10.4. The predicted molar refractivity (Wildman–Crippen MR) is 101 cm³/mol. The van der Waals surface area contributed by atoms with Gasteiger partial charge in [-0.25, -0.2) is 0 Å². The van der Waals surface area contributed by atoms with E-state index in [1.807, 2.05) is 0 Å². The highest BCUT2D eigenvalue weighted by molar-refractivity contribution is 14.1. The number of aryl methyl sites for hydroxylation is 1. The Morgan fingerprint density at radius 1 is 0.773 bits per heavy atom. The van der Waals surface area contributed by atoms with E-state index in [2.05, 4.69) is 46.9 Å². The van der Waals surface area contributed by atoms with Crippen LogP contribution < -0.4 is 0 Å². The van der Waals surface area contributed by atoms with Crippen LogP contribution in [0.25, 0.3) is 0 Å². The van der Waals surface area contributed by atoms with E-state index in [1.165, 1.54) is 66.9 Å². The highest BCUT2D eigenvalue weighted by Gasteiger charge is 1.97. The normalized spacial score (nSPS) is 10.8. The van der Waals surface area contributed by atoms with Crippen LogP contribution in [-0.4, -0.2) is 11.1 Å². The van der Waals surface area contributed by atoms with Crippen molar-refractivity contribution in [1.82, 2.24) is 0 Å². The molecule has 0 amide bonds. The van der Waals surface area contributed by atoms with E-state index >= 15 is 0 Å². The summed E-state index contributed by atoms with van der Waals surface area (Å²) >= 11 is 2.35. The van der Waals surface area contributed by atoms with Crippen LogP contribution >= 0.6 is 22.6 Å². The molecule has 0 spiro atoms. The van der Waals surface area contributed by atoms with Gasteiger partial charge < -0.3 is 5.11 Å². The minimum Gasteiger partial charge on any atom is -0.481 e. The standard InChI is InChI=1S/C19H29IO2/c20-18-15-13-17(14-16-18)11-9-7-5-3-1-2-4-6-8-10-12-19(21)22/h13-16H,1-12H2,(H,21,22). The Labute approximate surface area is 148 Å². The summed E-state index contributed by atoms with van der Waals surface area (Å²) in [5, 5.41) is 8.54. The predicted octanol–water partition coefficient (Wildman–Crippen LogP) is 6.21. The highest BCUT2D eigenvalue weighted by Crippen LogP contribution is 2.13. The molecule has 0 saturated carbocycles. The Morgan fingerprint density at radius 3 is 1.73 bits per heavy atom. The van der Waals surface area contributed by atoms with Crippen molar-refractivity contribution < 1.29 is 9.90 Å². The summed E-state index contributed by atoms with van der Waals surface area (Å²) < 4.78 is 1.31.